The maximum Gasteiger partial charge on any atom is 0.297 e. The van der Waals surface area contributed by atoms with E-state index >= 15 is 0 Å². The Morgan fingerprint density at radius 3 is 1.61 bits per heavy atom. The van der Waals surface area contributed by atoms with Crippen LogP contribution in [0.2, 0.25) is 0 Å². The summed E-state index contributed by atoms with van der Waals surface area (Å²) in [5.41, 5.74) is 1.71. The Morgan fingerprint density at radius 2 is 1.18 bits per heavy atom. The van der Waals surface area contributed by atoms with Gasteiger partial charge in [-0.1, -0.05) is 111 Å². The van der Waals surface area contributed by atoms with Gasteiger partial charge in [-0.05, 0) is 29.4 Å². The van der Waals surface area contributed by atoms with Gasteiger partial charge >= 0.3 is 0 Å². The number of rotatable bonds is 15. The highest BCUT2D eigenvalue weighted by Crippen LogP contribution is 2.32. The Hall–Kier alpha value is -0.870. The fourth-order valence-electron chi connectivity index (χ4n) is 3.59. The van der Waals surface area contributed by atoms with E-state index in [1.54, 1.807) is 0 Å². The minimum absolute atomic E-state index is 0.143. The number of hydrogen-bond donors (Lipinski definition) is 0. The van der Waals surface area contributed by atoms with Crippen LogP contribution in [0.3, 0.4) is 0 Å². The maximum atomic E-state index is 12.9. The van der Waals surface area contributed by atoms with Gasteiger partial charge in [0.05, 0.1) is 6.61 Å². The number of unbranched alkanes of at least 4 members (excludes halogenated alkanes) is 9. The SMILES string of the molecule is CCCCCCCCCCCCOS(=O)(=O)c1c(C(C)C)cccc1C(C)C. The summed E-state index contributed by atoms with van der Waals surface area (Å²) in [5, 5.41) is 0. The highest BCUT2D eigenvalue weighted by atomic mass is 32.2. The molecular formula is C24H42O3S. The Bertz CT molecular complexity index is 622. The van der Waals surface area contributed by atoms with Crippen molar-refractivity contribution in [1.29, 1.82) is 0 Å². The second kappa shape index (κ2) is 13.4. The van der Waals surface area contributed by atoms with Gasteiger partial charge in [-0.15, -0.1) is 0 Å². The van der Waals surface area contributed by atoms with E-state index < -0.39 is 10.1 Å². The van der Waals surface area contributed by atoms with Crippen molar-refractivity contribution in [3.63, 3.8) is 0 Å². The van der Waals surface area contributed by atoms with Crippen molar-refractivity contribution in [1.82, 2.24) is 0 Å². The van der Waals surface area contributed by atoms with E-state index in [4.69, 9.17) is 4.18 Å². The normalized spacial score (nSPS) is 12.2. The van der Waals surface area contributed by atoms with Crippen LogP contribution in [0.25, 0.3) is 0 Å². The lowest BCUT2D eigenvalue weighted by molar-refractivity contribution is 0.305. The van der Waals surface area contributed by atoms with E-state index in [0.717, 1.165) is 30.4 Å². The molecule has 0 fully saturated rings. The molecule has 0 radical (unpaired) electrons. The molecule has 1 aromatic carbocycles. The summed E-state index contributed by atoms with van der Waals surface area (Å²) in [6.07, 6.45) is 12.2. The molecule has 0 bridgehead atoms. The average molecular weight is 411 g/mol. The summed E-state index contributed by atoms with van der Waals surface area (Å²) in [4.78, 5) is 0.395. The van der Waals surface area contributed by atoms with Gasteiger partial charge in [-0.2, -0.15) is 8.42 Å². The molecule has 0 aromatic heterocycles. The van der Waals surface area contributed by atoms with Gasteiger partial charge in [-0.25, -0.2) is 0 Å². The van der Waals surface area contributed by atoms with E-state index in [0.29, 0.717) is 4.90 Å². The minimum atomic E-state index is -3.72. The van der Waals surface area contributed by atoms with Crippen LogP contribution in [0.5, 0.6) is 0 Å². The molecule has 0 spiro atoms. The maximum absolute atomic E-state index is 12.9. The Kier molecular flexibility index (Phi) is 12.0. The highest BCUT2D eigenvalue weighted by molar-refractivity contribution is 7.86. The van der Waals surface area contributed by atoms with Crippen LogP contribution in [0.15, 0.2) is 23.1 Å². The predicted molar refractivity (Wildman–Crippen MR) is 120 cm³/mol. The van der Waals surface area contributed by atoms with Gasteiger partial charge in [-0.3, -0.25) is 4.18 Å². The first-order chi connectivity index (χ1) is 13.3. The molecule has 0 saturated heterocycles. The zero-order valence-corrected chi connectivity index (χ0v) is 19.6. The van der Waals surface area contributed by atoms with Crippen LogP contribution in [0.1, 0.15) is 122 Å². The molecule has 0 aliphatic heterocycles. The molecule has 0 aliphatic rings. The monoisotopic (exact) mass is 410 g/mol. The number of benzene rings is 1. The van der Waals surface area contributed by atoms with Crippen molar-refractivity contribution in [2.24, 2.45) is 0 Å². The second-order valence-electron chi connectivity index (χ2n) is 8.53. The largest absolute Gasteiger partial charge is 0.297 e. The molecule has 0 saturated carbocycles. The molecule has 0 amide bonds. The van der Waals surface area contributed by atoms with Crippen molar-refractivity contribution in [2.45, 2.75) is 116 Å². The molecule has 0 N–H and O–H groups in total. The van der Waals surface area contributed by atoms with Crippen LogP contribution in [-0.2, 0) is 14.3 Å². The standard InChI is InChI=1S/C24H42O3S/c1-6-7-8-9-10-11-12-13-14-15-19-27-28(25,26)24-22(20(2)3)17-16-18-23(24)21(4)5/h16-18,20-21H,6-15,19H2,1-5H3. The Balaban J connectivity index is 2.47. The van der Waals surface area contributed by atoms with Gasteiger partial charge < -0.3 is 0 Å². The molecule has 1 rings (SSSR count). The van der Waals surface area contributed by atoms with Crippen molar-refractivity contribution in [2.75, 3.05) is 6.61 Å². The summed E-state index contributed by atoms with van der Waals surface area (Å²) in [7, 11) is -3.72. The summed E-state index contributed by atoms with van der Waals surface area (Å²) in [6.45, 7) is 10.6. The first-order valence-electron chi connectivity index (χ1n) is 11.3. The van der Waals surface area contributed by atoms with Crippen molar-refractivity contribution in [3.8, 4) is 0 Å². The molecule has 4 heteroatoms. The lowest BCUT2D eigenvalue weighted by Crippen LogP contribution is -2.14. The van der Waals surface area contributed by atoms with E-state index in [1.165, 1.54) is 44.9 Å². The van der Waals surface area contributed by atoms with Gasteiger partial charge in [0.25, 0.3) is 10.1 Å². The summed E-state index contributed by atoms with van der Waals surface area (Å²) in [5.74, 6) is 0.286. The lowest BCUT2D eigenvalue weighted by Gasteiger charge is -2.19. The molecule has 0 atom stereocenters. The van der Waals surface area contributed by atoms with Crippen LogP contribution in [0.4, 0.5) is 0 Å². The molecule has 3 nitrogen and oxygen atoms in total. The Morgan fingerprint density at radius 1 is 0.750 bits per heavy atom. The first kappa shape index (κ1) is 25.2. The van der Waals surface area contributed by atoms with Crippen LogP contribution in [0, 0.1) is 0 Å². The van der Waals surface area contributed by atoms with Crippen LogP contribution < -0.4 is 0 Å². The minimum Gasteiger partial charge on any atom is -0.266 e. The molecule has 0 unspecified atom stereocenters. The van der Waals surface area contributed by atoms with Crippen LogP contribution in [-0.4, -0.2) is 15.0 Å². The predicted octanol–water partition coefficient (Wildman–Crippen LogP) is 7.56. The van der Waals surface area contributed by atoms with Crippen molar-refractivity contribution >= 4 is 10.1 Å². The van der Waals surface area contributed by atoms with E-state index in [9.17, 15) is 8.42 Å². The van der Waals surface area contributed by atoms with Crippen molar-refractivity contribution < 1.29 is 12.6 Å². The fraction of sp³-hybridized carbons (Fsp3) is 0.750. The quantitative estimate of drug-likeness (QED) is 0.221. The van der Waals surface area contributed by atoms with Gasteiger partial charge in [0.15, 0.2) is 0 Å². The van der Waals surface area contributed by atoms with E-state index in [2.05, 4.69) is 6.92 Å². The van der Waals surface area contributed by atoms with Gasteiger partial charge in [0.2, 0.25) is 0 Å². The van der Waals surface area contributed by atoms with E-state index in [-0.39, 0.29) is 18.4 Å². The molecule has 162 valence electrons. The molecular weight excluding hydrogens is 368 g/mol. The van der Waals surface area contributed by atoms with E-state index in [1.807, 2.05) is 45.9 Å². The molecule has 0 aliphatic carbocycles. The molecule has 1 aromatic rings. The summed E-state index contributed by atoms with van der Waals surface area (Å²) < 4.78 is 31.3. The third-order valence-electron chi connectivity index (χ3n) is 5.31. The fourth-order valence-corrected chi connectivity index (χ4v) is 5.23. The second-order valence-corrected chi connectivity index (χ2v) is 10.1. The topological polar surface area (TPSA) is 43.4 Å². The lowest BCUT2D eigenvalue weighted by atomic mass is 9.95. The summed E-state index contributed by atoms with van der Waals surface area (Å²) in [6, 6.07) is 5.77. The molecule has 28 heavy (non-hydrogen) atoms. The van der Waals surface area contributed by atoms with Gasteiger partial charge in [0, 0.05) is 0 Å². The number of hydrogen-bond acceptors (Lipinski definition) is 3. The zero-order valence-electron chi connectivity index (χ0n) is 18.8. The van der Waals surface area contributed by atoms with Crippen LogP contribution >= 0.6 is 0 Å². The zero-order chi connectivity index (χ0) is 21.0. The van der Waals surface area contributed by atoms with Crippen molar-refractivity contribution in [3.05, 3.63) is 29.3 Å². The highest BCUT2D eigenvalue weighted by Gasteiger charge is 2.25. The third-order valence-corrected chi connectivity index (χ3v) is 6.75. The first-order valence-corrected chi connectivity index (χ1v) is 12.7. The van der Waals surface area contributed by atoms with Gasteiger partial charge in [0.1, 0.15) is 4.90 Å². The smallest absolute Gasteiger partial charge is 0.266 e. The third kappa shape index (κ3) is 8.65. The summed E-state index contributed by atoms with van der Waals surface area (Å²) >= 11 is 0. The average Bonchev–Trinajstić information content (AvgIpc) is 2.65. The Labute approximate surface area is 174 Å². The molecule has 0 heterocycles.